The summed E-state index contributed by atoms with van der Waals surface area (Å²) < 4.78 is 12.6. The van der Waals surface area contributed by atoms with Gasteiger partial charge in [-0.05, 0) is 62.4 Å². The maximum Gasteiger partial charge on any atom is 0.136 e. The largest absolute Gasteiger partial charge is 0.490 e. The van der Waals surface area contributed by atoms with Gasteiger partial charge in [0, 0.05) is 29.3 Å². The number of nitrogens with zero attached hydrogens (tertiary/aromatic N) is 1. The molecule has 148 valence electrons. The van der Waals surface area contributed by atoms with Crippen molar-refractivity contribution in [1.82, 2.24) is 4.90 Å². The molecule has 2 fully saturated rings. The summed E-state index contributed by atoms with van der Waals surface area (Å²) >= 11 is 1.90. The predicted molar refractivity (Wildman–Crippen MR) is 114 cm³/mol. The van der Waals surface area contributed by atoms with E-state index in [1.54, 1.807) is 0 Å². The summed E-state index contributed by atoms with van der Waals surface area (Å²) in [5.74, 6) is 1.98. The zero-order valence-electron chi connectivity index (χ0n) is 16.5. The third-order valence-corrected chi connectivity index (χ3v) is 7.63. The first-order valence-corrected chi connectivity index (χ1v) is 11.6. The molecule has 5 rings (SSSR count). The molecular formula is C24H29NO2S. The van der Waals surface area contributed by atoms with Crippen LogP contribution < -0.4 is 9.47 Å². The number of piperidine rings is 1. The molecule has 1 saturated carbocycles. The van der Waals surface area contributed by atoms with Crippen LogP contribution in [0.3, 0.4) is 0 Å². The lowest BCUT2D eigenvalue weighted by Crippen LogP contribution is -2.46. The Bertz CT molecular complexity index is 797. The van der Waals surface area contributed by atoms with Gasteiger partial charge in [-0.3, -0.25) is 0 Å². The van der Waals surface area contributed by atoms with Gasteiger partial charge in [0.15, 0.2) is 0 Å². The molecule has 1 aliphatic carbocycles. The van der Waals surface area contributed by atoms with Crippen molar-refractivity contribution in [2.45, 2.75) is 67.4 Å². The van der Waals surface area contributed by atoms with Crippen molar-refractivity contribution in [2.24, 2.45) is 0 Å². The molecule has 3 nitrogen and oxygen atoms in total. The molecule has 0 aromatic heterocycles. The first kappa shape index (κ1) is 18.4. The second-order valence-electron chi connectivity index (χ2n) is 8.32. The van der Waals surface area contributed by atoms with Crippen molar-refractivity contribution in [3.05, 3.63) is 54.1 Å². The quantitative estimate of drug-likeness (QED) is 0.662. The second kappa shape index (κ2) is 8.00. The normalized spacial score (nSPS) is 26.2. The number of hydrogen-bond donors (Lipinski definition) is 0. The molecule has 4 heteroatoms. The van der Waals surface area contributed by atoms with E-state index in [2.05, 4.69) is 54.3 Å². The van der Waals surface area contributed by atoms with Crippen LogP contribution in [0.4, 0.5) is 0 Å². The van der Waals surface area contributed by atoms with Crippen LogP contribution in [0.5, 0.6) is 11.5 Å². The molecule has 2 aromatic carbocycles. The molecule has 0 N–H and O–H groups in total. The van der Waals surface area contributed by atoms with Crippen LogP contribution in [0.15, 0.2) is 53.4 Å². The zero-order valence-corrected chi connectivity index (χ0v) is 17.4. The molecule has 2 aromatic rings. The van der Waals surface area contributed by atoms with E-state index in [9.17, 15) is 0 Å². The minimum Gasteiger partial charge on any atom is -0.490 e. The van der Waals surface area contributed by atoms with Crippen LogP contribution >= 0.6 is 11.8 Å². The van der Waals surface area contributed by atoms with Crippen LogP contribution in [-0.2, 0) is 0 Å². The molecule has 3 aliphatic rings. The highest BCUT2D eigenvalue weighted by Gasteiger charge is 2.30. The Morgan fingerprint density at radius 1 is 0.964 bits per heavy atom. The first-order chi connectivity index (χ1) is 13.8. The number of fused-ring (bicyclic) bond motifs is 1. The van der Waals surface area contributed by atoms with Gasteiger partial charge in [-0.25, -0.2) is 0 Å². The molecular weight excluding hydrogens is 366 g/mol. The molecule has 0 spiro atoms. The Labute approximate surface area is 172 Å². The molecule has 0 radical (unpaired) electrons. The van der Waals surface area contributed by atoms with Gasteiger partial charge < -0.3 is 14.4 Å². The van der Waals surface area contributed by atoms with E-state index >= 15 is 0 Å². The number of rotatable bonds is 4. The number of ether oxygens (including phenoxy) is 2. The highest BCUT2D eigenvalue weighted by Crippen LogP contribution is 2.45. The first-order valence-electron chi connectivity index (χ1n) is 10.7. The average Bonchev–Trinajstić information content (AvgIpc) is 2.68. The highest BCUT2D eigenvalue weighted by molar-refractivity contribution is 8.00. The van der Waals surface area contributed by atoms with Gasteiger partial charge in [-0.15, -0.1) is 11.8 Å². The Morgan fingerprint density at radius 3 is 2.43 bits per heavy atom. The summed E-state index contributed by atoms with van der Waals surface area (Å²) in [7, 11) is 0. The van der Waals surface area contributed by atoms with E-state index in [0.29, 0.717) is 11.4 Å². The van der Waals surface area contributed by atoms with E-state index in [0.717, 1.165) is 30.4 Å². The van der Waals surface area contributed by atoms with Gasteiger partial charge in [0.05, 0.1) is 0 Å². The highest BCUT2D eigenvalue weighted by atomic mass is 32.2. The fraction of sp³-hybridized carbons (Fsp3) is 0.500. The van der Waals surface area contributed by atoms with Gasteiger partial charge in [-0.1, -0.05) is 30.7 Å². The summed E-state index contributed by atoms with van der Waals surface area (Å²) in [5, 5.41) is 0.387. The molecule has 2 atom stereocenters. The molecule has 0 bridgehead atoms. The monoisotopic (exact) mass is 395 g/mol. The van der Waals surface area contributed by atoms with Gasteiger partial charge in [0.2, 0.25) is 0 Å². The molecule has 1 saturated heterocycles. The van der Waals surface area contributed by atoms with E-state index in [-0.39, 0.29) is 6.10 Å². The van der Waals surface area contributed by atoms with E-state index < -0.39 is 0 Å². The van der Waals surface area contributed by atoms with E-state index in [1.165, 1.54) is 42.8 Å². The van der Waals surface area contributed by atoms with Crippen molar-refractivity contribution >= 4 is 11.8 Å². The zero-order chi connectivity index (χ0) is 18.9. The summed E-state index contributed by atoms with van der Waals surface area (Å²) in [6.07, 6.45) is 6.95. The SMILES string of the molecule is CC1Sc2ccccc2OC1c1ccc(OC2CCN(C3CCC3)CC2)cc1. The number of para-hydroxylation sites is 1. The minimum absolute atomic E-state index is 0.0830. The molecule has 0 amide bonds. The lowest BCUT2D eigenvalue weighted by molar-refractivity contribution is 0.0493. The Morgan fingerprint density at radius 2 is 1.71 bits per heavy atom. The maximum absolute atomic E-state index is 6.30. The minimum atomic E-state index is 0.0830. The topological polar surface area (TPSA) is 21.7 Å². The third kappa shape index (κ3) is 3.77. The van der Waals surface area contributed by atoms with Crippen molar-refractivity contribution in [2.75, 3.05) is 13.1 Å². The standard InChI is InChI=1S/C24H29NO2S/c1-17-24(27-22-7-2-3-8-23(22)28-17)18-9-11-20(12-10-18)26-21-13-15-25(16-14-21)19-5-4-6-19/h2-3,7-12,17,19,21,24H,4-6,13-16H2,1H3. The van der Waals surface area contributed by atoms with Crippen molar-refractivity contribution in [3.63, 3.8) is 0 Å². The molecule has 28 heavy (non-hydrogen) atoms. The summed E-state index contributed by atoms with van der Waals surface area (Å²) in [6, 6.07) is 17.8. The second-order valence-corrected chi connectivity index (χ2v) is 9.73. The smallest absolute Gasteiger partial charge is 0.136 e. The van der Waals surface area contributed by atoms with Crippen molar-refractivity contribution < 1.29 is 9.47 Å². The van der Waals surface area contributed by atoms with Gasteiger partial charge in [0.1, 0.15) is 23.7 Å². The fourth-order valence-electron chi connectivity index (χ4n) is 4.52. The van der Waals surface area contributed by atoms with E-state index in [1.807, 2.05) is 17.8 Å². The third-order valence-electron chi connectivity index (χ3n) is 6.42. The van der Waals surface area contributed by atoms with Crippen molar-refractivity contribution in [3.8, 4) is 11.5 Å². The number of thioether (sulfide) groups is 1. The molecule has 2 aliphatic heterocycles. The van der Waals surface area contributed by atoms with E-state index in [4.69, 9.17) is 9.47 Å². The Kier molecular flexibility index (Phi) is 5.25. The van der Waals surface area contributed by atoms with Crippen molar-refractivity contribution in [1.29, 1.82) is 0 Å². The van der Waals surface area contributed by atoms with Crippen LogP contribution in [-0.4, -0.2) is 35.4 Å². The van der Waals surface area contributed by atoms with Crippen LogP contribution in [0.2, 0.25) is 0 Å². The lowest BCUT2D eigenvalue weighted by Gasteiger charge is -2.41. The van der Waals surface area contributed by atoms with Crippen LogP contribution in [0, 0.1) is 0 Å². The van der Waals surface area contributed by atoms with Gasteiger partial charge in [-0.2, -0.15) is 0 Å². The van der Waals surface area contributed by atoms with Gasteiger partial charge >= 0.3 is 0 Å². The molecule has 2 unspecified atom stereocenters. The Hall–Kier alpha value is -1.65. The number of hydrogen-bond acceptors (Lipinski definition) is 4. The van der Waals surface area contributed by atoms with Crippen LogP contribution in [0.1, 0.15) is 50.7 Å². The predicted octanol–water partition coefficient (Wildman–Crippen LogP) is 5.70. The maximum atomic E-state index is 6.30. The number of benzene rings is 2. The number of likely N-dealkylation sites (tertiary alicyclic amines) is 1. The average molecular weight is 396 g/mol. The molecule has 2 heterocycles. The lowest BCUT2D eigenvalue weighted by atomic mass is 9.90. The van der Waals surface area contributed by atoms with Gasteiger partial charge in [0.25, 0.3) is 0 Å². The summed E-state index contributed by atoms with van der Waals surface area (Å²) in [5.41, 5.74) is 1.22. The summed E-state index contributed by atoms with van der Waals surface area (Å²) in [6.45, 7) is 4.63. The fourth-order valence-corrected chi connectivity index (χ4v) is 5.64. The summed E-state index contributed by atoms with van der Waals surface area (Å²) in [4.78, 5) is 3.91. The Balaban J connectivity index is 1.19. The van der Waals surface area contributed by atoms with Crippen LogP contribution in [0.25, 0.3) is 0 Å².